The second kappa shape index (κ2) is 4.54. The standard InChI is InChI=1S/C13H6Cl2N4/c14-9-3-4-11(15)10(6-9)12-17-13-8(7-16)2-1-5-19(13)18-12/h1-6H. The van der Waals surface area contributed by atoms with Crippen LogP contribution in [0.4, 0.5) is 0 Å². The molecule has 0 amide bonds. The van der Waals surface area contributed by atoms with E-state index in [2.05, 4.69) is 16.2 Å². The number of hydrogen-bond acceptors (Lipinski definition) is 3. The zero-order valence-electron chi connectivity index (χ0n) is 9.51. The SMILES string of the molecule is N#Cc1cccn2nc(-c3cc(Cl)ccc3Cl)nc12. The topological polar surface area (TPSA) is 54.0 Å². The third kappa shape index (κ3) is 2.03. The van der Waals surface area contributed by atoms with Gasteiger partial charge in [-0.05, 0) is 30.3 Å². The van der Waals surface area contributed by atoms with Gasteiger partial charge in [-0.1, -0.05) is 23.2 Å². The minimum atomic E-state index is 0.440. The van der Waals surface area contributed by atoms with E-state index in [9.17, 15) is 0 Å². The Morgan fingerprint density at radius 1 is 1.21 bits per heavy atom. The Bertz CT molecular complexity index is 817. The fourth-order valence-electron chi connectivity index (χ4n) is 1.78. The Hall–Kier alpha value is -2.09. The maximum atomic E-state index is 9.04. The van der Waals surface area contributed by atoms with Gasteiger partial charge in [-0.15, -0.1) is 5.10 Å². The molecule has 2 aromatic heterocycles. The number of fused-ring (bicyclic) bond motifs is 1. The predicted molar refractivity (Wildman–Crippen MR) is 73.2 cm³/mol. The van der Waals surface area contributed by atoms with Crippen molar-refractivity contribution in [1.82, 2.24) is 14.6 Å². The number of aromatic nitrogens is 3. The van der Waals surface area contributed by atoms with E-state index in [1.54, 1.807) is 41.0 Å². The molecule has 0 bridgehead atoms. The molecule has 0 N–H and O–H groups in total. The van der Waals surface area contributed by atoms with Gasteiger partial charge in [0.2, 0.25) is 0 Å². The highest BCUT2D eigenvalue weighted by atomic mass is 35.5. The van der Waals surface area contributed by atoms with Crippen LogP contribution in [0, 0.1) is 11.3 Å². The lowest BCUT2D eigenvalue weighted by Gasteiger charge is -1.99. The van der Waals surface area contributed by atoms with E-state index in [1.807, 2.05) is 0 Å². The molecule has 2 heterocycles. The summed E-state index contributed by atoms with van der Waals surface area (Å²) < 4.78 is 1.55. The normalized spacial score (nSPS) is 10.6. The van der Waals surface area contributed by atoms with Gasteiger partial charge in [0, 0.05) is 16.8 Å². The van der Waals surface area contributed by atoms with Crippen LogP contribution in [0.25, 0.3) is 17.0 Å². The molecule has 0 saturated carbocycles. The van der Waals surface area contributed by atoms with Crippen molar-refractivity contribution in [3.05, 3.63) is 52.1 Å². The van der Waals surface area contributed by atoms with E-state index in [1.165, 1.54) is 0 Å². The molecule has 6 heteroatoms. The van der Waals surface area contributed by atoms with Gasteiger partial charge in [0.25, 0.3) is 0 Å². The Kier molecular flexibility index (Phi) is 2.86. The minimum absolute atomic E-state index is 0.440. The molecule has 0 unspecified atom stereocenters. The number of pyridine rings is 1. The van der Waals surface area contributed by atoms with Crippen LogP contribution in [0.2, 0.25) is 10.0 Å². The van der Waals surface area contributed by atoms with Crippen LogP contribution in [0.3, 0.4) is 0 Å². The molecule has 92 valence electrons. The first-order valence-electron chi connectivity index (χ1n) is 5.40. The molecule has 0 fully saturated rings. The number of nitrogens with zero attached hydrogens (tertiary/aromatic N) is 4. The largest absolute Gasteiger partial charge is 0.219 e. The van der Waals surface area contributed by atoms with Crippen LogP contribution in [0.1, 0.15) is 5.56 Å². The number of nitriles is 1. The lowest BCUT2D eigenvalue weighted by atomic mass is 10.2. The Morgan fingerprint density at radius 3 is 2.84 bits per heavy atom. The predicted octanol–water partition coefficient (Wildman–Crippen LogP) is 3.57. The summed E-state index contributed by atoms with van der Waals surface area (Å²) in [4.78, 5) is 4.34. The lowest BCUT2D eigenvalue weighted by Crippen LogP contribution is -1.88. The summed E-state index contributed by atoms with van der Waals surface area (Å²) in [5.41, 5.74) is 1.59. The van der Waals surface area contributed by atoms with Gasteiger partial charge in [-0.3, -0.25) is 0 Å². The van der Waals surface area contributed by atoms with E-state index in [-0.39, 0.29) is 0 Å². The molecule has 0 saturated heterocycles. The average Bonchev–Trinajstić information content (AvgIpc) is 2.85. The van der Waals surface area contributed by atoms with E-state index in [4.69, 9.17) is 28.5 Å². The summed E-state index contributed by atoms with van der Waals surface area (Å²) in [5.74, 6) is 0.440. The van der Waals surface area contributed by atoms with Gasteiger partial charge >= 0.3 is 0 Å². The quantitative estimate of drug-likeness (QED) is 0.688. The highest BCUT2D eigenvalue weighted by molar-refractivity contribution is 6.35. The van der Waals surface area contributed by atoms with Crippen LogP contribution in [0.15, 0.2) is 36.5 Å². The first-order valence-corrected chi connectivity index (χ1v) is 6.15. The van der Waals surface area contributed by atoms with Crippen molar-refractivity contribution in [3.63, 3.8) is 0 Å². The fraction of sp³-hybridized carbons (Fsp3) is 0. The molecule has 4 nitrogen and oxygen atoms in total. The Morgan fingerprint density at radius 2 is 2.05 bits per heavy atom. The molecule has 3 aromatic rings. The zero-order chi connectivity index (χ0) is 13.4. The van der Waals surface area contributed by atoms with Crippen LogP contribution >= 0.6 is 23.2 Å². The maximum Gasteiger partial charge on any atom is 0.183 e. The second-order valence-corrected chi connectivity index (χ2v) is 4.71. The maximum absolute atomic E-state index is 9.04. The van der Waals surface area contributed by atoms with Crippen molar-refractivity contribution in [3.8, 4) is 17.5 Å². The van der Waals surface area contributed by atoms with Crippen molar-refractivity contribution in [2.75, 3.05) is 0 Å². The smallest absolute Gasteiger partial charge is 0.183 e. The molecule has 0 spiro atoms. The van der Waals surface area contributed by atoms with Crippen molar-refractivity contribution >= 4 is 28.8 Å². The van der Waals surface area contributed by atoms with Gasteiger partial charge < -0.3 is 0 Å². The van der Waals surface area contributed by atoms with Crippen molar-refractivity contribution in [2.24, 2.45) is 0 Å². The molecule has 0 aliphatic heterocycles. The highest BCUT2D eigenvalue weighted by Gasteiger charge is 2.12. The van der Waals surface area contributed by atoms with Gasteiger partial charge in [0.1, 0.15) is 6.07 Å². The molecule has 0 aliphatic rings. The van der Waals surface area contributed by atoms with E-state index in [0.717, 1.165) is 0 Å². The molecular formula is C13H6Cl2N4. The molecular weight excluding hydrogens is 283 g/mol. The van der Waals surface area contributed by atoms with E-state index < -0.39 is 0 Å². The third-order valence-electron chi connectivity index (χ3n) is 2.65. The molecule has 1 aromatic carbocycles. The molecule has 0 atom stereocenters. The summed E-state index contributed by atoms with van der Waals surface area (Å²) in [6, 6.07) is 10.6. The molecule has 0 aliphatic carbocycles. The summed E-state index contributed by atoms with van der Waals surface area (Å²) in [7, 11) is 0. The highest BCUT2D eigenvalue weighted by Crippen LogP contribution is 2.28. The zero-order valence-corrected chi connectivity index (χ0v) is 11.0. The fourth-order valence-corrected chi connectivity index (χ4v) is 2.15. The number of rotatable bonds is 1. The Balaban J connectivity index is 2.27. The lowest BCUT2D eigenvalue weighted by molar-refractivity contribution is 0.963. The third-order valence-corrected chi connectivity index (χ3v) is 3.22. The van der Waals surface area contributed by atoms with Crippen LogP contribution in [-0.2, 0) is 0 Å². The first-order chi connectivity index (χ1) is 9.19. The number of benzene rings is 1. The Labute approximate surface area is 118 Å². The molecule has 0 radical (unpaired) electrons. The van der Waals surface area contributed by atoms with Crippen LogP contribution < -0.4 is 0 Å². The number of halogens is 2. The second-order valence-electron chi connectivity index (χ2n) is 3.86. The monoisotopic (exact) mass is 288 g/mol. The summed E-state index contributed by atoms with van der Waals surface area (Å²) in [5, 5.41) is 14.4. The van der Waals surface area contributed by atoms with E-state index >= 15 is 0 Å². The summed E-state index contributed by atoms with van der Waals surface area (Å²) >= 11 is 12.1. The number of hydrogen-bond donors (Lipinski definition) is 0. The summed E-state index contributed by atoms with van der Waals surface area (Å²) in [6.07, 6.45) is 1.73. The van der Waals surface area contributed by atoms with Gasteiger partial charge in [-0.2, -0.15) is 5.26 Å². The average molecular weight is 289 g/mol. The van der Waals surface area contributed by atoms with Crippen molar-refractivity contribution < 1.29 is 0 Å². The van der Waals surface area contributed by atoms with Crippen LogP contribution in [-0.4, -0.2) is 14.6 Å². The van der Waals surface area contributed by atoms with E-state index in [0.29, 0.717) is 32.6 Å². The van der Waals surface area contributed by atoms with Crippen LogP contribution in [0.5, 0.6) is 0 Å². The van der Waals surface area contributed by atoms with Crippen molar-refractivity contribution in [2.45, 2.75) is 0 Å². The van der Waals surface area contributed by atoms with Crippen molar-refractivity contribution in [1.29, 1.82) is 5.26 Å². The van der Waals surface area contributed by atoms with Gasteiger partial charge in [0.15, 0.2) is 11.5 Å². The minimum Gasteiger partial charge on any atom is -0.219 e. The van der Waals surface area contributed by atoms with Gasteiger partial charge in [0.05, 0.1) is 10.6 Å². The summed E-state index contributed by atoms with van der Waals surface area (Å²) in [6.45, 7) is 0. The van der Waals surface area contributed by atoms with Gasteiger partial charge in [-0.25, -0.2) is 9.50 Å². The first kappa shape index (κ1) is 12.0. The molecule has 3 rings (SSSR count). The molecule has 19 heavy (non-hydrogen) atoms.